The lowest BCUT2D eigenvalue weighted by molar-refractivity contribution is -0.384. The molecule has 1 N–H and O–H groups in total. The monoisotopic (exact) mass is 487 g/mol. The number of amides is 1. The van der Waals surface area contributed by atoms with Crippen molar-refractivity contribution in [2.75, 3.05) is 0 Å². The molecule has 0 atom stereocenters. The van der Waals surface area contributed by atoms with Crippen LogP contribution in [0.15, 0.2) is 76.3 Å². The first kappa shape index (κ1) is 21.5. The predicted octanol–water partition coefficient (Wildman–Crippen LogP) is 5.35. The van der Waals surface area contributed by atoms with Crippen molar-refractivity contribution in [2.24, 2.45) is 5.10 Å². The second-order valence-electron chi connectivity index (χ2n) is 6.07. The molecule has 0 aliphatic carbocycles. The van der Waals surface area contributed by atoms with Gasteiger partial charge in [0.1, 0.15) is 12.4 Å². The summed E-state index contributed by atoms with van der Waals surface area (Å²) >= 11 is 9.39. The Labute approximate surface area is 185 Å². The third-order valence-corrected chi connectivity index (χ3v) is 4.93. The molecule has 0 radical (unpaired) electrons. The van der Waals surface area contributed by atoms with Crippen LogP contribution in [0.1, 0.15) is 21.5 Å². The third-order valence-electron chi connectivity index (χ3n) is 4.00. The minimum absolute atomic E-state index is 0.0128. The maximum Gasteiger partial charge on any atom is 0.272 e. The number of nitro benzene ring substituents is 1. The Morgan fingerprint density at radius 1 is 1.17 bits per heavy atom. The van der Waals surface area contributed by atoms with Crippen molar-refractivity contribution < 1.29 is 14.5 Å². The van der Waals surface area contributed by atoms with Crippen LogP contribution in [0.2, 0.25) is 5.02 Å². The van der Waals surface area contributed by atoms with E-state index in [2.05, 4.69) is 26.5 Å². The van der Waals surface area contributed by atoms with Gasteiger partial charge < -0.3 is 4.74 Å². The molecule has 1 amide bonds. The van der Waals surface area contributed by atoms with Crippen LogP contribution in [0.25, 0.3) is 0 Å². The summed E-state index contributed by atoms with van der Waals surface area (Å²) in [7, 11) is 0. The van der Waals surface area contributed by atoms with Gasteiger partial charge in [-0.3, -0.25) is 14.9 Å². The summed E-state index contributed by atoms with van der Waals surface area (Å²) in [5.74, 6) is 0.130. The number of halogens is 2. The lowest BCUT2D eigenvalue weighted by atomic mass is 10.2. The Morgan fingerprint density at radius 3 is 2.60 bits per heavy atom. The number of nitrogens with zero attached hydrogens (tertiary/aromatic N) is 2. The minimum Gasteiger partial charge on any atom is -0.488 e. The van der Waals surface area contributed by atoms with Crippen LogP contribution in [0.5, 0.6) is 5.75 Å². The van der Waals surface area contributed by atoms with E-state index in [0.717, 1.165) is 5.56 Å². The number of hydrogen-bond acceptors (Lipinski definition) is 5. The minimum atomic E-state index is -0.458. The van der Waals surface area contributed by atoms with Gasteiger partial charge in [-0.2, -0.15) is 5.10 Å². The second kappa shape index (κ2) is 10.00. The molecule has 0 aromatic heterocycles. The molecule has 152 valence electrons. The lowest BCUT2D eigenvalue weighted by Gasteiger charge is -2.10. The quantitative estimate of drug-likeness (QED) is 0.275. The van der Waals surface area contributed by atoms with E-state index in [-0.39, 0.29) is 18.2 Å². The highest BCUT2D eigenvalue weighted by Crippen LogP contribution is 2.23. The summed E-state index contributed by atoms with van der Waals surface area (Å²) in [5.41, 5.74) is 4.26. The maximum atomic E-state index is 12.2. The van der Waals surface area contributed by atoms with Crippen molar-refractivity contribution in [3.63, 3.8) is 0 Å². The summed E-state index contributed by atoms with van der Waals surface area (Å²) < 4.78 is 6.46. The van der Waals surface area contributed by atoms with E-state index < -0.39 is 4.92 Å². The lowest BCUT2D eigenvalue weighted by Crippen LogP contribution is -2.18. The largest absolute Gasteiger partial charge is 0.488 e. The van der Waals surface area contributed by atoms with Crippen molar-refractivity contribution >= 4 is 45.3 Å². The first-order chi connectivity index (χ1) is 14.4. The maximum absolute atomic E-state index is 12.2. The van der Waals surface area contributed by atoms with Crippen LogP contribution in [0, 0.1) is 10.1 Å². The van der Waals surface area contributed by atoms with Crippen molar-refractivity contribution in [2.45, 2.75) is 6.61 Å². The van der Waals surface area contributed by atoms with E-state index in [4.69, 9.17) is 16.3 Å². The number of ether oxygens (including phenoxy) is 1. The fraction of sp³-hybridized carbons (Fsp3) is 0.0476. The third kappa shape index (κ3) is 5.65. The Balaban J connectivity index is 1.68. The van der Waals surface area contributed by atoms with Crippen molar-refractivity contribution in [1.82, 2.24) is 5.43 Å². The second-order valence-corrected chi connectivity index (χ2v) is 7.36. The van der Waals surface area contributed by atoms with Crippen molar-refractivity contribution in [3.05, 3.63) is 103 Å². The number of nitrogens with one attached hydrogen (secondary N) is 1. The van der Waals surface area contributed by atoms with Crippen LogP contribution < -0.4 is 10.2 Å². The van der Waals surface area contributed by atoms with Gasteiger partial charge in [0.2, 0.25) is 0 Å². The molecule has 9 heteroatoms. The molecule has 0 heterocycles. The summed E-state index contributed by atoms with van der Waals surface area (Å²) in [5, 5.41) is 15.2. The van der Waals surface area contributed by atoms with Gasteiger partial charge in [-0.15, -0.1) is 0 Å². The SMILES string of the molecule is O=C(N/N=C\c1cc(Cl)ccc1OCc1ccc([N+](=O)[O-])cc1)c1ccccc1Br. The summed E-state index contributed by atoms with van der Waals surface area (Å²) in [6.45, 7) is 0.198. The normalized spacial score (nSPS) is 10.7. The molecule has 7 nitrogen and oxygen atoms in total. The molecule has 30 heavy (non-hydrogen) atoms. The number of carbonyl (C=O) groups is 1. The van der Waals surface area contributed by atoms with Gasteiger partial charge in [0.15, 0.2) is 0 Å². The topological polar surface area (TPSA) is 93.8 Å². The molecule has 0 unspecified atom stereocenters. The highest BCUT2D eigenvalue weighted by molar-refractivity contribution is 9.10. The molecule has 0 fully saturated rings. The molecule has 0 aliphatic rings. The van der Waals surface area contributed by atoms with E-state index in [9.17, 15) is 14.9 Å². The van der Waals surface area contributed by atoms with Gasteiger partial charge in [0.05, 0.1) is 16.7 Å². The van der Waals surface area contributed by atoms with Crippen molar-refractivity contribution in [1.29, 1.82) is 0 Å². The van der Waals surface area contributed by atoms with Crippen LogP contribution in [-0.4, -0.2) is 17.0 Å². The Hall–Kier alpha value is -3.23. The molecular weight excluding hydrogens is 474 g/mol. The molecule has 0 bridgehead atoms. The van der Waals surface area contributed by atoms with Gasteiger partial charge in [0, 0.05) is 27.2 Å². The van der Waals surface area contributed by atoms with Gasteiger partial charge in [-0.05, 0) is 64.0 Å². The molecule has 3 rings (SSSR count). The van der Waals surface area contributed by atoms with Gasteiger partial charge in [-0.1, -0.05) is 23.7 Å². The fourth-order valence-corrected chi connectivity index (χ4v) is 3.14. The predicted molar refractivity (Wildman–Crippen MR) is 118 cm³/mol. The van der Waals surface area contributed by atoms with Gasteiger partial charge in [0.25, 0.3) is 11.6 Å². The van der Waals surface area contributed by atoms with Gasteiger partial charge >= 0.3 is 0 Å². The average molecular weight is 489 g/mol. The van der Waals surface area contributed by atoms with E-state index in [1.807, 2.05) is 6.07 Å². The molecule has 3 aromatic carbocycles. The van der Waals surface area contributed by atoms with Gasteiger partial charge in [-0.25, -0.2) is 5.43 Å². The molecule has 0 aliphatic heterocycles. The Kier molecular flexibility index (Phi) is 7.16. The van der Waals surface area contributed by atoms with E-state index >= 15 is 0 Å². The van der Waals surface area contributed by atoms with E-state index in [0.29, 0.717) is 26.4 Å². The van der Waals surface area contributed by atoms with Crippen LogP contribution in [0.3, 0.4) is 0 Å². The molecule has 0 saturated carbocycles. The highest BCUT2D eigenvalue weighted by atomic mass is 79.9. The number of hydrazone groups is 1. The zero-order valence-electron chi connectivity index (χ0n) is 15.4. The summed E-state index contributed by atoms with van der Waals surface area (Å²) in [4.78, 5) is 22.5. The van der Waals surface area contributed by atoms with Crippen LogP contribution in [-0.2, 0) is 6.61 Å². The fourth-order valence-electron chi connectivity index (χ4n) is 2.49. The number of rotatable bonds is 7. The molecule has 0 spiro atoms. The summed E-state index contributed by atoms with van der Waals surface area (Å²) in [6, 6.07) is 18.1. The number of benzene rings is 3. The standard InChI is InChI=1S/C21H15BrClN3O4/c22-19-4-2-1-3-18(19)21(27)25-24-12-15-11-16(23)7-10-20(15)30-13-14-5-8-17(9-6-14)26(28)29/h1-12H,13H2,(H,25,27)/b24-12-. The van der Waals surface area contributed by atoms with E-state index in [1.54, 1.807) is 48.5 Å². The number of non-ortho nitro benzene ring substituents is 1. The van der Waals surface area contributed by atoms with E-state index in [1.165, 1.54) is 18.3 Å². The Bertz CT molecular complexity index is 1100. The van der Waals surface area contributed by atoms with Crippen LogP contribution in [0.4, 0.5) is 5.69 Å². The number of nitro groups is 1. The smallest absolute Gasteiger partial charge is 0.272 e. The first-order valence-electron chi connectivity index (χ1n) is 8.67. The average Bonchev–Trinajstić information content (AvgIpc) is 2.73. The molecular formula is C21H15BrClN3O4. The first-order valence-corrected chi connectivity index (χ1v) is 9.85. The van der Waals surface area contributed by atoms with Crippen molar-refractivity contribution in [3.8, 4) is 5.75 Å². The Morgan fingerprint density at radius 2 is 1.90 bits per heavy atom. The number of hydrogen-bond donors (Lipinski definition) is 1. The zero-order valence-corrected chi connectivity index (χ0v) is 17.8. The zero-order chi connectivity index (χ0) is 21.5. The molecule has 0 saturated heterocycles. The van der Waals surface area contributed by atoms with Crippen LogP contribution >= 0.6 is 27.5 Å². The number of carbonyl (C=O) groups excluding carboxylic acids is 1. The molecule has 3 aromatic rings. The highest BCUT2D eigenvalue weighted by Gasteiger charge is 2.09. The summed E-state index contributed by atoms with van der Waals surface area (Å²) in [6.07, 6.45) is 1.44.